The van der Waals surface area contributed by atoms with Crippen LogP contribution >= 0.6 is 0 Å². The molecule has 6 heteroatoms. The number of hydrogen-bond acceptors (Lipinski definition) is 4. The predicted octanol–water partition coefficient (Wildman–Crippen LogP) is 4.47. The molecule has 0 unspecified atom stereocenters. The summed E-state index contributed by atoms with van der Waals surface area (Å²) < 4.78 is 5.11. The second kappa shape index (κ2) is 9.01. The minimum Gasteiger partial charge on any atom is -0.497 e. The number of methoxy groups -OCH3 is 1. The van der Waals surface area contributed by atoms with Crippen LogP contribution in [0, 0.1) is 6.92 Å². The average Bonchev–Trinajstić information content (AvgIpc) is 2.75. The maximum Gasteiger partial charge on any atom is 0.257 e. The van der Waals surface area contributed by atoms with Gasteiger partial charge in [-0.2, -0.15) is 0 Å². The van der Waals surface area contributed by atoms with Crippen LogP contribution in [-0.4, -0.2) is 23.9 Å². The lowest BCUT2D eigenvalue weighted by Crippen LogP contribution is -2.17. The first-order valence-corrected chi connectivity index (χ1v) is 9.32. The summed E-state index contributed by atoms with van der Waals surface area (Å²) >= 11 is 0. The molecule has 2 amide bonds. The van der Waals surface area contributed by atoms with Crippen LogP contribution in [0.15, 0.2) is 60.9 Å². The molecular formula is C23H23N3O3. The van der Waals surface area contributed by atoms with Crippen LogP contribution in [0.3, 0.4) is 0 Å². The molecule has 0 aliphatic rings. The van der Waals surface area contributed by atoms with E-state index in [1.807, 2.05) is 32.0 Å². The van der Waals surface area contributed by atoms with Gasteiger partial charge in [-0.1, -0.05) is 25.1 Å². The van der Waals surface area contributed by atoms with E-state index in [4.69, 9.17) is 4.74 Å². The van der Waals surface area contributed by atoms with Crippen LogP contribution in [0.25, 0.3) is 0 Å². The van der Waals surface area contributed by atoms with E-state index in [9.17, 15) is 9.59 Å². The summed E-state index contributed by atoms with van der Waals surface area (Å²) in [6, 6.07) is 14.4. The molecule has 29 heavy (non-hydrogen) atoms. The van der Waals surface area contributed by atoms with Gasteiger partial charge in [0.1, 0.15) is 5.75 Å². The molecule has 0 aliphatic heterocycles. The number of carbonyl (C=O) groups is 2. The van der Waals surface area contributed by atoms with Gasteiger partial charge in [0.15, 0.2) is 0 Å². The third-order valence-corrected chi connectivity index (χ3v) is 4.59. The van der Waals surface area contributed by atoms with Gasteiger partial charge >= 0.3 is 0 Å². The molecule has 2 aromatic carbocycles. The van der Waals surface area contributed by atoms with E-state index in [0.717, 1.165) is 23.2 Å². The smallest absolute Gasteiger partial charge is 0.257 e. The zero-order chi connectivity index (χ0) is 20.8. The van der Waals surface area contributed by atoms with E-state index < -0.39 is 0 Å². The molecule has 0 aliphatic carbocycles. The molecule has 1 heterocycles. The Kier molecular flexibility index (Phi) is 6.24. The molecule has 2 N–H and O–H groups in total. The highest BCUT2D eigenvalue weighted by Crippen LogP contribution is 2.22. The van der Waals surface area contributed by atoms with E-state index in [1.54, 1.807) is 31.4 Å². The zero-order valence-electron chi connectivity index (χ0n) is 16.7. The van der Waals surface area contributed by atoms with E-state index in [-0.39, 0.29) is 11.8 Å². The standard InChI is InChI=1S/C23H23N3O3/c1-4-16-7-5-6-15(2)21(16)26-23(28)18-12-17(13-24-14-18)22(27)25-19-8-10-20(29-3)11-9-19/h5-14H,4H2,1-3H3,(H,25,27)(H,26,28). The number of hydrogen-bond donors (Lipinski definition) is 2. The molecule has 0 spiro atoms. The van der Waals surface area contributed by atoms with Crippen LogP contribution < -0.4 is 15.4 Å². The molecule has 3 rings (SSSR count). The van der Waals surface area contributed by atoms with Crippen LogP contribution in [0.2, 0.25) is 0 Å². The molecule has 0 saturated heterocycles. The van der Waals surface area contributed by atoms with Crippen molar-refractivity contribution in [3.05, 3.63) is 83.2 Å². The van der Waals surface area contributed by atoms with E-state index in [2.05, 4.69) is 15.6 Å². The van der Waals surface area contributed by atoms with Gasteiger partial charge in [0, 0.05) is 23.8 Å². The lowest BCUT2D eigenvalue weighted by atomic mass is 10.1. The largest absolute Gasteiger partial charge is 0.497 e. The molecule has 148 valence electrons. The number of anilines is 2. The number of ether oxygens (including phenoxy) is 1. The summed E-state index contributed by atoms with van der Waals surface area (Å²) in [5.41, 5.74) is 4.08. The summed E-state index contributed by atoms with van der Waals surface area (Å²) in [7, 11) is 1.58. The normalized spacial score (nSPS) is 10.3. The fourth-order valence-corrected chi connectivity index (χ4v) is 2.95. The fraction of sp³-hybridized carbons (Fsp3) is 0.174. The van der Waals surface area contributed by atoms with Crippen molar-refractivity contribution in [1.82, 2.24) is 4.98 Å². The summed E-state index contributed by atoms with van der Waals surface area (Å²) in [4.78, 5) is 29.3. The summed E-state index contributed by atoms with van der Waals surface area (Å²) in [6.07, 6.45) is 3.68. The van der Waals surface area contributed by atoms with Gasteiger partial charge in [-0.05, 0) is 54.8 Å². The first-order chi connectivity index (χ1) is 14.0. The Morgan fingerprint density at radius 3 is 2.24 bits per heavy atom. The van der Waals surface area contributed by atoms with Gasteiger partial charge in [-0.25, -0.2) is 0 Å². The Morgan fingerprint density at radius 2 is 1.62 bits per heavy atom. The molecule has 0 bridgehead atoms. The fourth-order valence-electron chi connectivity index (χ4n) is 2.95. The first-order valence-electron chi connectivity index (χ1n) is 9.32. The third-order valence-electron chi connectivity index (χ3n) is 4.59. The van der Waals surface area contributed by atoms with Gasteiger partial charge in [0.25, 0.3) is 11.8 Å². The molecule has 6 nitrogen and oxygen atoms in total. The summed E-state index contributed by atoms with van der Waals surface area (Å²) in [5, 5.41) is 5.74. The number of nitrogens with zero attached hydrogens (tertiary/aromatic N) is 1. The van der Waals surface area contributed by atoms with Gasteiger partial charge in [-0.15, -0.1) is 0 Å². The van der Waals surface area contributed by atoms with E-state index in [1.165, 1.54) is 18.5 Å². The van der Waals surface area contributed by atoms with Crippen molar-refractivity contribution in [3.63, 3.8) is 0 Å². The van der Waals surface area contributed by atoms with Crippen LogP contribution in [-0.2, 0) is 6.42 Å². The minimum atomic E-state index is -0.345. The quantitative estimate of drug-likeness (QED) is 0.652. The third kappa shape index (κ3) is 4.79. The highest BCUT2D eigenvalue weighted by Gasteiger charge is 2.14. The average molecular weight is 389 g/mol. The Balaban J connectivity index is 1.76. The molecule has 0 radical (unpaired) electrons. The van der Waals surface area contributed by atoms with Gasteiger partial charge in [0.2, 0.25) is 0 Å². The van der Waals surface area contributed by atoms with Crippen molar-refractivity contribution in [2.45, 2.75) is 20.3 Å². The molecule has 3 aromatic rings. The van der Waals surface area contributed by atoms with E-state index >= 15 is 0 Å². The maximum atomic E-state index is 12.7. The van der Waals surface area contributed by atoms with Crippen molar-refractivity contribution in [3.8, 4) is 5.75 Å². The second-order valence-corrected chi connectivity index (χ2v) is 6.56. The lowest BCUT2D eigenvalue weighted by Gasteiger charge is -2.13. The van der Waals surface area contributed by atoms with Crippen molar-refractivity contribution < 1.29 is 14.3 Å². The van der Waals surface area contributed by atoms with E-state index in [0.29, 0.717) is 22.6 Å². The van der Waals surface area contributed by atoms with Gasteiger partial charge in [-0.3, -0.25) is 14.6 Å². The van der Waals surface area contributed by atoms with Crippen molar-refractivity contribution in [2.24, 2.45) is 0 Å². The van der Waals surface area contributed by atoms with Crippen molar-refractivity contribution >= 4 is 23.2 Å². The Morgan fingerprint density at radius 1 is 0.966 bits per heavy atom. The summed E-state index contributed by atoms with van der Waals surface area (Å²) in [6.45, 7) is 3.99. The van der Waals surface area contributed by atoms with Crippen molar-refractivity contribution in [2.75, 3.05) is 17.7 Å². The van der Waals surface area contributed by atoms with Crippen LogP contribution in [0.4, 0.5) is 11.4 Å². The van der Waals surface area contributed by atoms with Crippen LogP contribution in [0.5, 0.6) is 5.75 Å². The van der Waals surface area contributed by atoms with Gasteiger partial charge < -0.3 is 15.4 Å². The molecule has 0 fully saturated rings. The topological polar surface area (TPSA) is 80.3 Å². The van der Waals surface area contributed by atoms with Crippen molar-refractivity contribution in [1.29, 1.82) is 0 Å². The zero-order valence-corrected chi connectivity index (χ0v) is 16.7. The molecule has 1 aromatic heterocycles. The second-order valence-electron chi connectivity index (χ2n) is 6.56. The number of benzene rings is 2. The molecule has 0 saturated carbocycles. The Labute approximate surface area is 169 Å². The number of aryl methyl sites for hydroxylation is 2. The summed E-state index contributed by atoms with van der Waals surface area (Å²) in [5.74, 6) is 0.0500. The molecular weight excluding hydrogens is 366 g/mol. The number of pyridine rings is 1. The number of para-hydroxylation sites is 1. The van der Waals surface area contributed by atoms with Gasteiger partial charge in [0.05, 0.1) is 18.2 Å². The number of amides is 2. The SMILES string of the molecule is CCc1cccc(C)c1NC(=O)c1cncc(C(=O)Nc2ccc(OC)cc2)c1. The number of rotatable bonds is 6. The number of carbonyl (C=O) groups excluding carboxylic acids is 2. The number of nitrogens with one attached hydrogen (secondary N) is 2. The predicted molar refractivity (Wildman–Crippen MR) is 114 cm³/mol. The molecule has 0 atom stereocenters. The Hall–Kier alpha value is -3.67. The maximum absolute atomic E-state index is 12.7. The number of aromatic nitrogens is 1. The minimum absolute atomic E-state index is 0.300. The highest BCUT2D eigenvalue weighted by atomic mass is 16.5. The first kappa shape index (κ1) is 20.1. The lowest BCUT2D eigenvalue weighted by molar-refractivity contribution is 0.102. The monoisotopic (exact) mass is 389 g/mol. The highest BCUT2D eigenvalue weighted by molar-refractivity contribution is 6.08. The Bertz CT molecular complexity index is 1030. The van der Waals surface area contributed by atoms with Crippen LogP contribution in [0.1, 0.15) is 38.8 Å².